The average Bonchev–Trinajstić information content (AvgIpc) is 2.78. The molecule has 0 saturated heterocycles. The number of hydrogen-bond donors (Lipinski definition) is 1. The molecule has 1 heterocycles. The minimum absolute atomic E-state index is 0.130. The Bertz CT molecular complexity index is 1050. The van der Waals surface area contributed by atoms with Gasteiger partial charge >= 0.3 is 5.97 Å². The smallest absolute Gasteiger partial charge is 0.339 e. The first-order chi connectivity index (χ1) is 14.0. The number of rotatable bonds is 5. The van der Waals surface area contributed by atoms with Gasteiger partial charge in [-0.1, -0.05) is 30.3 Å². The van der Waals surface area contributed by atoms with Crippen LogP contribution in [0.3, 0.4) is 0 Å². The molecule has 146 valence electrons. The van der Waals surface area contributed by atoms with E-state index in [0.29, 0.717) is 11.4 Å². The fraction of sp³-hybridized carbons (Fsp3) is 0.0909. The normalized spacial score (nSPS) is 10.1. The van der Waals surface area contributed by atoms with Crippen molar-refractivity contribution < 1.29 is 19.1 Å². The number of carbonyl (C=O) groups is 3. The predicted molar refractivity (Wildman–Crippen MR) is 109 cm³/mol. The van der Waals surface area contributed by atoms with E-state index in [1.807, 2.05) is 18.2 Å². The lowest BCUT2D eigenvalue weighted by atomic mass is 10.1. The fourth-order valence-corrected chi connectivity index (χ4v) is 2.70. The highest BCUT2D eigenvalue weighted by Crippen LogP contribution is 2.18. The quantitative estimate of drug-likeness (QED) is 0.676. The number of amides is 2. The van der Waals surface area contributed by atoms with Crippen LogP contribution in [0, 0.1) is 0 Å². The summed E-state index contributed by atoms with van der Waals surface area (Å²) >= 11 is 0. The first-order valence-electron chi connectivity index (χ1n) is 8.79. The molecule has 1 aromatic heterocycles. The Morgan fingerprint density at radius 2 is 1.66 bits per heavy atom. The van der Waals surface area contributed by atoms with Crippen molar-refractivity contribution in [3.63, 3.8) is 0 Å². The van der Waals surface area contributed by atoms with E-state index in [4.69, 9.17) is 4.74 Å². The van der Waals surface area contributed by atoms with E-state index in [0.717, 1.165) is 0 Å². The molecule has 3 rings (SSSR count). The summed E-state index contributed by atoms with van der Waals surface area (Å²) in [7, 11) is 2.91. The number of hydrogen-bond acceptors (Lipinski definition) is 5. The van der Waals surface area contributed by atoms with Crippen molar-refractivity contribution >= 4 is 29.2 Å². The zero-order valence-corrected chi connectivity index (χ0v) is 16.0. The second kappa shape index (κ2) is 8.79. The van der Waals surface area contributed by atoms with Crippen molar-refractivity contribution in [1.82, 2.24) is 4.98 Å². The second-order valence-electron chi connectivity index (χ2n) is 6.12. The zero-order chi connectivity index (χ0) is 20.8. The minimum Gasteiger partial charge on any atom is -0.465 e. The van der Waals surface area contributed by atoms with Crippen molar-refractivity contribution in [3.8, 4) is 0 Å². The van der Waals surface area contributed by atoms with Gasteiger partial charge in [-0.3, -0.25) is 14.6 Å². The molecule has 7 heteroatoms. The molecule has 0 spiro atoms. The number of para-hydroxylation sites is 2. The molecule has 0 fully saturated rings. The number of benzene rings is 2. The number of aromatic nitrogens is 1. The van der Waals surface area contributed by atoms with Crippen molar-refractivity contribution in [3.05, 3.63) is 89.7 Å². The van der Waals surface area contributed by atoms with Gasteiger partial charge in [0.15, 0.2) is 0 Å². The molecule has 0 aliphatic carbocycles. The molecule has 1 N–H and O–H groups in total. The molecule has 0 bridgehead atoms. The lowest BCUT2D eigenvalue weighted by Crippen LogP contribution is -2.27. The van der Waals surface area contributed by atoms with Gasteiger partial charge < -0.3 is 15.0 Å². The van der Waals surface area contributed by atoms with E-state index in [1.165, 1.54) is 30.3 Å². The summed E-state index contributed by atoms with van der Waals surface area (Å²) < 4.78 is 4.73. The van der Waals surface area contributed by atoms with Crippen LogP contribution in [0.4, 0.5) is 11.4 Å². The molecule has 29 heavy (non-hydrogen) atoms. The number of carbonyl (C=O) groups excluding carboxylic acids is 3. The van der Waals surface area contributed by atoms with Gasteiger partial charge in [-0.25, -0.2) is 4.79 Å². The van der Waals surface area contributed by atoms with Gasteiger partial charge in [0.2, 0.25) is 0 Å². The van der Waals surface area contributed by atoms with Gasteiger partial charge in [0.05, 0.1) is 18.4 Å². The van der Waals surface area contributed by atoms with Crippen LogP contribution in [-0.4, -0.2) is 36.9 Å². The standard InChI is InChI=1S/C22H19N3O4/c1-25(16-8-4-3-5-9-16)21(27)19-14-15(12-13-23-19)20(26)24-18-11-7-6-10-17(18)22(28)29-2/h3-14H,1-2H3,(H,24,26). The van der Waals surface area contributed by atoms with Crippen molar-refractivity contribution in [1.29, 1.82) is 0 Å². The summed E-state index contributed by atoms with van der Waals surface area (Å²) in [5.41, 5.74) is 1.63. The third-order valence-electron chi connectivity index (χ3n) is 4.27. The molecule has 0 atom stereocenters. The number of anilines is 2. The monoisotopic (exact) mass is 389 g/mol. The third-order valence-corrected chi connectivity index (χ3v) is 4.27. The summed E-state index contributed by atoms with van der Waals surface area (Å²) in [4.78, 5) is 42.8. The Morgan fingerprint density at radius 3 is 2.38 bits per heavy atom. The Morgan fingerprint density at radius 1 is 0.966 bits per heavy atom. The number of esters is 1. The summed E-state index contributed by atoms with van der Waals surface area (Å²) in [6.07, 6.45) is 1.40. The van der Waals surface area contributed by atoms with Gasteiger partial charge in [-0.15, -0.1) is 0 Å². The zero-order valence-electron chi connectivity index (χ0n) is 16.0. The Balaban J connectivity index is 1.82. The lowest BCUT2D eigenvalue weighted by Gasteiger charge is -2.17. The first kappa shape index (κ1) is 19.8. The van der Waals surface area contributed by atoms with Crippen molar-refractivity contribution in [2.75, 3.05) is 24.4 Å². The van der Waals surface area contributed by atoms with Crippen molar-refractivity contribution in [2.24, 2.45) is 0 Å². The molecule has 2 aromatic carbocycles. The Kier molecular flexibility index (Phi) is 5.99. The molecule has 7 nitrogen and oxygen atoms in total. The molecular formula is C22H19N3O4. The van der Waals surface area contributed by atoms with E-state index in [9.17, 15) is 14.4 Å². The predicted octanol–water partition coefficient (Wildman–Crippen LogP) is 3.40. The van der Waals surface area contributed by atoms with Crippen LogP contribution in [-0.2, 0) is 4.74 Å². The third kappa shape index (κ3) is 4.47. The molecule has 0 saturated carbocycles. The van der Waals surface area contributed by atoms with E-state index >= 15 is 0 Å². The highest BCUT2D eigenvalue weighted by atomic mass is 16.5. The largest absolute Gasteiger partial charge is 0.465 e. The fourth-order valence-electron chi connectivity index (χ4n) is 2.70. The van der Waals surface area contributed by atoms with Gasteiger partial charge in [-0.2, -0.15) is 0 Å². The maximum absolute atomic E-state index is 12.7. The maximum atomic E-state index is 12.7. The average molecular weight is 389 g/mol. The van der Waals surface area contributed by atoms with Crippen LogP contribution in [0.5, 0.6) is 0 Å². The van der Waals surface area contributed by atoms with Crippen molar-refractivity contribution in [2.45, 2.75) is 0 Å². The van der Waals surface area contributed by atoms with Gasteiger partial charge in [0.25, 0.3) is 11.8 Å². The van der Waals surface area contributed by atoms with Crippen LogP contribution in [0.15, 0.2) is 72.9 Å². The van der Waals surface area contributed by atoms with E-state index < -0.39 is 11.9 Å². The van der Waals surface area contributed by atoms with E-state index in [2.05, 4.69) is 10.3 Å². The lowest BCUT2D eigenvalue weighted by molar-refractivity contribution is 0.0601. The first-order valence-corrected chi connectivity index (χ1v) is 8.79. The van der Waals surface area contributed by atoms with Crippen LogP contribution in [0.1, 0.15) is 31.2 Å². The molecule has 0 aliphatic heterocycles. The molecule has 0 unspecified atom stereocenters. The molecule has 2 amide bonds. The second-order valence-corrected chi connectivity index (χ2v) is 6.12. The molecule has 3 aromatic rings. The summed E-state index contributed by atoms with van der Waals surface area (Å²) in [5.74, 6) is -1.38. The van der Waals surface area contributed by atoms with Crippen LogP contribution < -0.4 is 10.2 Å². The summed E-state index contributed by atoms with van der Waals surface area (Å²) in [6.45, 7) is 0. The Hall–Kier alpha value is -4.00. The maximum Gasteiger partial charge on any atom is 0.339 e. The summed E-state index contributed by atoms with van der Waals surface area (Å²) in [6, 6.07) is 18.5. The van der Waals surface area contributed by atoms with Crippen LogP contribution in [0.25, 0.3) is 0 Å². The summed E-state index contributed by atoms with van der Waals surface area (Å²) in [5, 5.41) is 2.68. The van der Waals surface area contributed by atoms with Gasteiger partial charge in [0, 0.05) is 24.5 Å². The topological polar surface area (TPSA) is 88.6 Å². The highest BCUT2D eigenvalue weighted by Gasteiger charge is 2.18. The van der Waals surface area contributed by atoms with Gasteiger partial charge in [0.1, 0.15) is 5.69 Å². The van der Waals surface area contributed by atoms with E-state index in [-0.39, 0.29) is 22.7 Å². The minimum atomic E-state index is -0.559. The molecule has 0 radical (unpaired) electrons. The van der Waals surface area contributed by atoms with Crippen LogP contribution in [0.2, 0.25) is 0 Å². The number of methoxy groups -OCH3 is 1. The number of pyridine rings is 1. The molecular weight excluding hydrogens is 370 g/mol. The molecule has 0 aliphatic rings. The number of nitrogens with zero attached hydrogens (tertiary/aromatic N) is 2. The highest BCUT2D eigenvalue weighted by molar-refractivity contribution is 6.10. The van der Waals surface area contributed by atoms with E-state index in [1.54, 1.807) is 43.4 Å². The number of nitrogens with one attached hydrogen (secondary N) is 1. The number of ether oxygens (including phenoxy) is 1. The van der Waals surface area contributed by atoms with Gasteiger partial charge in [-0.05, 0) is 36.4 Å². The Labute approximate surface area is 167 Å². The SMILES string of the molecule is COC(=O)c1ccccc1NC(=O)c1ccnc(C(=O)N(C)c2ccccc2)c1. The van der Waals surface area contributed by atoms with Crippen LogP contribution >= 0.6 is 0 Å².